The normalized spacial score (nSPS) is 20.8. The van der Waals surface area contributed by atoms with E-state index in [9.17, 15) is 8.78 Å². The highest BCUT2D eigenvalue weighted by molar-refractivity contribution is 5.41. The molecule has 0 atom stereocenters. The fraction of sp³-hybridized carbons (Fsp3) is 0.619. The summed E-state index contributed by atoms with van der Waals surface area (Å²) in [5.41, 5.74) is 1.46. The maximum Gasteiger partial charge on any atom is 0.200 e. The van der Waals surface area contributed by atoms with E-state index in [1.165, 1.54) is 39.2 Å². The Balaban J connectivity index is 2.21. The number of rotatable bonds is 8. The number of unbranched alkanes of at least 4 members (excludes halogenated alkanes) is 1. The second-order valence-electron chi connectivity index (χ2n) is 6.96. The summed E-state index contributed by atoms with van der Waals surface area (Å²) >= 11 is 0. The molecule has 0 aliphatic heterocycles. The Bertz CT molecular complexity index is 545. The predicted molar refractivity (Wildman–Crippen MR) is 95.7 cm³/mol. The Kier molecular flexibility index (Phi) is 7.26. The third-order valence-corrected chi connectivity index (χ3v) is 5.38. The number of ether oxygens (including phenoxy) is 1. The van der Waals surface area contributed by atoms with Crippen LogP contribution in [0.3, 0.4) is 0 Å². The van der Waals surface area contributed by atoms with Crippen molar-refractivity contribution < 1.29 is 13.5 Å². The minimum absolute atomic E-state index is 0.0259. The number of hydrogen-bond donors (Lipinski definition) is 0. The zero-order valence-electron chi connectivity index (χ0n) is 15.0. The Labute approximate surface area is 145 Å². The summed E-state index contributed by atoms with van der Waals surface area (Å²) in [6.45, 7) is 5.93. The molecular weight excluding hydrogens is 306 g/mol. The van der Waals surface area contributed by atoms with Gasteiger partial charge in [-0.25, -0.2) is 4.39 Å². The molecule has 1 aromatic carbocycles. The van der Waals surface area contributed by atoms with E-state index < -0.39 is 11.6 Å². The van der Waals surface area contributed by atoms with Gasteiger partial charge in [-0.2, -0.15) is 4.39 Å². The summed E-state index contributed by atoms with van der Waals surface area (Å²) < 4.78 is 33.7. The van der Waals surface area contributed by atoms with E-state index in [4.69, 9.17) is 4.74 Å². The van der Waals surface area contributed by atoms with Gasteiger partial charge in [0.15, 0.2) is 11.6 Å². The largest absolute Gasteiger partial charge is 0.494 e. The molecule has 1 fully saturated rings. The van der Waals surface area contributed by atoms with Crippen LogP contribution in [-0.2, 0) is 6.42 Å². The standard InChI is InChI=1S/C21H30F2O/c1-4-6-8-15-10-12-16(13-11-15)18-14-19(24-3)21(23)20(22)17(18)9-7-5-2/h5,14-16H,2,4,6-13H2,1,3H3. The molecule has 24 heavy (non-hydrogen) atoms. The third-order valence-electron chi connectivity index (χ3n) is 5.38. The van der Waals surface area contributed by atoms with Crippen LogP contribution in [0, 0.1) is 17.6 Å². The number of hydrogen-bond acceptors (Lipinski definition) is 1. The van der Waals surface area contributed by atoms with E-state index in [0.717, 1.165) is 24.3 Å². The van der Waals surface area contributed by atoms with Crippen LogP contribution in [0.5, 0.6) is 5.75 Å². The van der Waals surface area contributed by atoms with Crippen LogP contribution >= 0.6 is 0 Å². The van der Waals surface area contributed by atoms with Crippen molar-refractivity contribution in [3.63, 3.8) is 0 Å². The molecule has 0 heterocycles. The number of halogens is 2. The van der Waals surface area contributed by atoms with Gasteiger partial charge >= 0.3 is 0 Å². The second-order valence-corrected chi connectivity index (χ2v) is 6.96. The van der Waals surface area contributed by atoms with Gasteiger partial charge in [-0.15, -0.1) is 6.58 Å². The molecular formula is C21H30F2O. The van der Waals surface area contributed by atoms with Crippen LogP contribution < -0.4 is 4.74 Å². The molecule has 1 nitrogen and oxygen atoms in total. The molecule has 0 bridgehead atoms. The van der Waals surface area contributed by atoms with E-state index in [-0.39, 0.29) is 5.75 Å². The third kappa shape index (κ3) is 4.37. The van der Waals surface area contributed by atoms with Gasteiger partial charge in [0.2, 0.25) is 5.82 Å². The summed E-state index contributed by atoms with van der Waals surface area (Å²) in [7, 11) is 1.40. The van der Waals surface area contributed by atoms with E-state index in [1.807, 2.05) is 0 Å². The molecule has 0 amide bonds. The minimum Gasteiger partial charge on any atom is -0.494 e. The fourth-order valence-electron chi connectivity index (χ4n) is 3.93. The van der Waals surface area contributed by atoms with Gasteiger partial charge in [0.05, 0.1) is 7.11 Å². The van der Waals surface area contributed by atoms with Crippen molar-refractivity contribution in [1.82, 2.24) is 0 Å². The molecule has 0 N–H and O–H groups in total. The van der Waals surface area contributed by atoms with Crippen molar-refractivity contribution in [1.29, 1.82) is 0 Å². The molecule has 3 heteroatoms. The van der Waals surface area contributed by atoms with Gasteiger partial charge in [-0.3, -0.25) is 0 Å². The maximum absolute atomic E-state index is 14.5. The lowest BCUT2D eigenvalue weighted by atomic mass is 9.75. The maximum atomic E-state index is 14.5. The Morgan fingerprint density at radius 3 is 2.50 bits per heavy atom. The van der Waals surface area contributed by atoms with Crippen molar-refractivity contribution in [2.45, 2.75) is 70.6 Å². The quantitative estimate of drug-likeness (QED) is 0.489. The van der Waals surface area contributed by atoms with Gasteiger partial charge < -0.3 is 4.74 Å². The van der Waals surface area contributed by atoms with Crippen molar-refractivity contribution >= 4 is 0 Å². The lowest BCUT2D eigenvalue weighted by Gasteiger charge is -2.30. The van der Waals surface area contributed by atoms with Gasteiger partial charge in [0, 0.05) is 0 Å². The van der Waals surface area contributed by atoms with Crippen LogP contribution in [0.1, 0.15) is 75.3 Å². The second kappa shape index (κ2) is 9.19. The van der Waals surface area contributed by atoms with Crippen LogP contribution in [0.25, 0.3) is 0 Å². The number of methoxy groups -OCH3 is 1. The first kappa shape index (κ1) is 19.0. The highest BCUT2D eigenvalue weighted by Gasteiger charge is 2.27. The molecule has 0 radical (unpaired) electrons. The van der Waals surface area contributed by atoms with Crippen molar-refractivity contribution in [3.8, 4) is 5.75 Å². The average Bonchev–Trinajstić information content (AvgIpc) is 2.61. The van der Waals surface area contributed by atoms with E-state index >= 15 is 0 Å². The zero-order chi connectivity index (χ0) is 17.5. The topological polar surface area (TPSA) is 9.23 Å². The van der Waals surface area contributed by atoms with Crippen LogP contribution in [-0.4, -0.2) is 7.11 Å². The summed E-state index contributed by atoms with van der Waals surface area (Å²) in [6.07, 6.45) is 11.2. The van der Waals surface area contributed by atoms with Gasteiger partial charge in [-0.1, -0.05) is 32.3 Å². The molecule has 0 saturated heterocycles. The van der Waals surface area contributed by atoms with E-state index in [0.29, 0.717) is 24.3 Å². The van der Waals surface area contributed by atoms with Gasteiger partial charge in [-0.05, 0) is 67.6 Å². The first-order valence-corrected chi connectivity index (χ1v) is 9.27. The van der Waals surface area contributed by atoms with Crippen LogP contribution in [0.4, 0.5) is 8.78 Å². The number of allylic oxidation sites excluding steroid dienone is 1. The van der Waals surface area contributed by atoms with E-state index in [2.05, 4.69) is 13.5 Å². The van der Waals surface area contributed by atoms with Crippen LogP contribution in [0.2, 0.25) is 0 Å². The summed E-state index contributed by atoms with van der Waals surface area (Å²) in [5.74, 6) is -0.467. The molecule has 2 rings (SSSR count). The summed E-state index contributed by atoms with van der Waals surface area (Å²) in [6, 6.07) is 1.73. The van der Waals surface area contributed by atoms with Crippen molar-refractivity contribution in [2.24, 2.45) is 5.92 Å². The highest BCUT2D eigenvalue weighted by Crippen LogP contribution is 2.41. The smallest absolute Gasteiger partial charge is 0.200 e. The fourth-order valence-corrected chi connectivity index (χ4v) is 3.93. The van der Waals surface area contributed by atoms with Crippen molar-refractivity contribution in [3.05, 3.63) is 41.5 Å². The SMILES string of the molecule is C=CCCc1c(C2CCC(CCCC)CC2)cc(OC)c(F)c1F. The van der Waals surface area contributed by atoms with Crippen molar-refractivity contribution in [2.75, 3.05) is 7.11 Å². The summed E-state index contributed by atoms with van der Waals surface area (Å²) in [4.78, 5) is 0. The molecule has 0 spiro atoms. The molecule has 0 unspecified atom stereocenters. The molecule has 0 aromatic heterocycles. The average molecular weight is 336 g/mol. The predicted octanol–water partition coefficient (Wildman–Crippen LogP) is 6.56. The first-order valence-electron chi connectivity index (χ1n) is 9.27. The van der Waals surface area contributed by atoms with E-state index in [1.54, 1.807) is 12.1 Å². The lowest BCUT2D eigenvalue weighted by Crippen LogP contribution is -2.16. The molecule has 134 valence electrons. The Hall–Kier alpha value is -1.38. The molecule has 1 aliphatic carbocycles. The summed E-state index contributed by atoms with van der Waals surface area (Å²) in [5, 5.41) is 0. The highest BCUT2D eigenvalue weighted by atomic mass is 19.2. The zero-order valence-corrected chi connectivity index (χ0v) is 15.0. The number of benzene rings is 1. The Morgan fingerprint density at radius 2 is 1.92 bits per heavy atom. The van der Waals surface area contributed by atoms with Gasteiger partial charge in [0.25, 0.3) is 0 Å². The van der Waals surface area contributed by atoms with Crippen LogP contribution in [0.15, 0.2) is 18.7 Å². The molecule has 1 aromatic rings. The monoisotopic (exact) mass is 336 g/mol. The minimum atomic E-state index is -0.864. The molecule has 1 aliphatic rings. The molecule has 1 saturated carbocycles. The van der Waals surface area contributed by atoms with Gasteiger partial charge in [0.1, 0.15) is 0 Å². The lowest BCUT2D eigenvalue weighted by molar-refractivity contribution is 0.301. The Morgan fingerprint density at radius 1 is 1.21 bits per heavy atom. The first-order chi connectivity index (χ1) is 11.6.